The van der Waals surface area contributed by atoms with Crippen LogP contribution < -0.4 is 0 Å². The third-order valence-electron chi connectivity index (χ3n) is 2.44. The summed E-state index contributed by atoms with van der Waals surface area (Å²) in [5.74, 6) is 0.375. The molecule has 0 spiro atoms. The van der Waals surface area contributed by atoms with Crippen molar-refractivity contribution in [1.82, 2.24) is 14.8 Å². The van der Waals surface area contributed by atoms with Gasteiger partial charge in [-0.25, -0.2) is 4.68 Å². The van der Waals surface area contributed by atoms with Gasteiger partial charge in [-0.05, 0) is 31.5 Å². The molecule has 2 rings (SSSR count). The predicted octanol–water partition coefficient (Wildman–Crippen LogP) is 2.37. The van der Waals surface area contributed by atoms with E-state index in [9.17, 15) is 5.11 Å². The molecule has 0 unspecified atom stereocenters. The first-order chi connectivity index (χ1) is 8.04. The highest BCUT2D eigenvalue weighted by atomic mass is 35.5. The molecule has 0 aliphatic carbocycles. The maximum absolute atomic E-state index is 10.0. The molecular formula is C12H14ClN3O. The van der Waals surface area contributed by atoms with Crippen LogP contribution in [0.2, 0.25) is 0 Å². The number of halogens is 1. The second-order valence-electron chi connectivity index (χ2n) is 4.27. The number of aliphatic hydroxyl groups is 1. The second-order valence-corrected chi connectivity index (χ2v) is 4.53. The molecule has 0 bridgehead atoms. The van der Waals surface area contributed by atoms with Crippen LogP contribution >= 0.6 is 11.6 Å². The van der Waals surface area contributed by atoms with Crippen molar-refractivity contribution in [3.63, 3.8) is 0 Å². The molecule has 1 N–H and O–H groups in total. The van der Waals surface area contributed by atoms with Gasteiger partial charge in [0, 0.05) is 18.3 Å². The minimum Gasteiger partial charge on any atom is -0.370 e. The zero-order valence-electron chi connectivity index (χ0n) is 9.76. The van der Waals surface area contributed by atoms with Crippen LogP contribution in [-0.2, 0) is 11.6 Å². The third-order valence-corrected chi connectivity index (χ3v) is 2.73. The Hall–Kier alpha value is -1.39. The molecule has 0 fully saturated rings. The molecule has 0 atom stereocenters. The van der Waals surface area contributed by atoms with Gasteiger partial charge < -0.3 is 5.11 Å². The largest absolute Gasteiger partial charge is 0.370 e. The SMILES string of the molecule is CC(C)(O)n1nccc1-c1ncccc1CCl. The average molecular weight is 252 g/mol. The first-order valence-corrected chi connectivity index (χ1v) is 5.84. The summed E-state index contributed by atoms with van der Waals surface area (Å²) < 4.78 is 1.53. The zero-order valence-corrected chi connectivity index (χ0v) is 10.5. The van der Waals surface area contributed by atoms with E-state index in [1.807, 2.05) is 18.2 Å². The maximum Gasteiger partial charge on any atom is 0.152 e. The summed E-state index contributed by atoms with van der Waals surface area (Å²) in [5.41, 5.74) is 1.36. The third kappa shape index (κ3) is 2.33. The van der Waals surface area contributed by atoms with E-state index in [-0.39, 0.29) is 0 Å². The van der Waals surface area contributed by atoms with E-state index in [1.54, 1.807) is 26.2 Å². The lowest BCUT2D eigenvalue weighted by atomic mass is 10.1. The fraction of sp³-hybridized carbons (Fsp3) is 0.333. The van der Waals surface area contributed by atoms with Crippen LogP contribution in [0.4, 0.5) is 0 Å². The van der Waals surface area contributed by atoms with E-state index in [4.69, 9.17) is 11.6 Å². The van der Waals surface area contributed by atoms with Crippen molar-refractivity contribution in [2.24, 2.45) is 0 Å². The van der Waals surface area contributed by atoms with Gasteiger partial charge in [0.05, 0.1) is 11.4 Å². The van der Waals surface area contributed by atoms with Gasteiger partial charge in [-0.3, -0.25) is 4.98 Å². The molecule has 0 saturated carbocycles. The zero-order chi connectivity index (χ0) is 12.5. The number of alkyl halides is 1. The van der Waals surface area contributed by atoms with Crippen LogP contribution in [0, 0.1) is 0 Å². The number of hydrogen-bond donors (Lipinski definition) is 1. The van der Waals surface area contributed by atoms with Crippen molar-refractivity contribution >= 4 is 11.6 Å². The molecule has 4 nitrogen and oxygen atoms in total. The van der Waals surface area contributed by atoms with Crippen LogP contribution in [0.25, 0.3) is 11.4 Å². The van der Waals surface area contributed by atoms with Gasteiger partial charge in [-0.2, -0.15) is 5.10 Å². The number of hydrogen-bond acceptors (Lipinski definition) is 3. The van der Waals surface area contributed by atoms with Crippen molar-refractivity contribution in [1.29, 1.82) is 0 Å². The van der Waals surface area contributed by atoms with Crippen LogP contribution in [0.1, 0.15) is 19.4 Å². The molecule has 0 saturated heterocycles. The van der Waals surface area contributed by atoms with Gasteiger partial charge in [0.2, 0.25) is 0 Å². The van der Waals surface area contributed by atoms with Gasteiger partial charge in [-0.15, -0.1) is 11.6 Å². The molecule has 0 radical (unpaired) electrons. The molecule has 0 aliphatic heterocycles. The van der Waals surface area contributed by atoms with Gasteiger partial charge in [-0.1, -0.05) is 6.07 Å². The molecule has 2 heterocycles. The van der Waals surface area contributed by atoms with Gasteiger partial charge >= 0.3 is 0 Å². The smallest absolute Gasteiger partial charge is 0.152 e. The van der Waals surface area contributed by atoms with Crippen LogP contribution in [0.3, 0.4) is 0 Å². The lowest BCUT2D eigenvalue weighted by Gasteiger charge is -2.21. The lowest BCUT2D eigenvalue weighted by molar-refractivity contribution is -0.00866. The van der Waals surface area contributed by atoms with Gasteiger partial charge in [0.15, 0.2) is 5.72 Å². The minimum atomic E-state index is -1.07. The Balaban J connectivity index is 2.58. The molecule has 90 valence electrons. The Morgan fingerprint density at radius 2 is 2.12 bits per heavy atom. The Bertz CT molecular complexity index is 516. The predicted molar refractivity (Wildman–Crippen MR) is 66.6 cm³/mol. The summed E-state index contributed by atoms with van der Waals surface area (Å²) in [6, 6.07) is 5.57. The summed E-state index contributed by atoms with van der Waals surface area (Å²) in [6.07, 6.45) is 3.34. The molecule has 2 aromatic rings. The van der Waals surface area contributed by atoms with Crippen LogP contribution in [0.5, 0.6) is 0 Å². The highest BCUT2D eigenvalue weighted by Crippen LogP contribution is 2.25. The minimum absolute atomic E-state index is 0.375. The lowest BCUT2D eigenvalue weighted by Crippen LogP contribution is -2.27. The van der Waals surface area contributed by atoms with Crippen molar-refractivity contribution in [3.05, 3.63) is 36.2 Å². The molecular weight excluding hydrogens is 238 g/mol. The van der Waals surface area contributed by atoms with Crippen molar-refractivity contribution in [3.8, 4) is 11.4 Å². The summed E-state index contributed by atoms with van der Waals surface area (Å²) in [7, 11) is 0. The second kappa shape index (κ2) is 4.47. The number of pyridine rings is 1. The van der Waals surface area contributed by atoms with Crippen LogP contribution in [0.15, 0.2) is 30.6 Å². The fourth-order valence-electron chi connectivity index (χ4n) is 1.70. The summed E-state index contributed by atoms with van der Waals surface area (Å²) in [6.45, 7) is 3.35. The molecule has 17 heavy (non-hydrogen) atoms. The standard InChI is InChI=1S/C12H14ClN3O/c1-12(2,17)16-10(5-7-15-16)11-9(8-13)4-3-6-14-11/h3-7,17H,8H2,1-2H3. The highest BCUT2D eigenvalue weighted by molar-refractivity contribution is 6.17. The highest BCUT2D eigenvalue weighted by Gasteiger charge is 2.21. The van der Waals surface area contributed by atoms with E-state index in [0.717, 1.165) is 17.0 Å². The Morgan fingerprint density at radius 3 is 2.76 bits per heavy atom. The molecule has 2 aromatic heterocycles. The number of rotatable bonds is 3. The van der Waals surface area contributed by atoms with E-state index < -0.39 is 5.72 Å². The van der Waals surface area contributed by atoms with E-state index >= 15 is 0 Å². The molecule has 0 amide bonds. The Kier molecular flexibility index (Phi) is 3.17. The Labute approximate surface area is 105 Å². The van der Waals surface area contributed by atoms with Gasteiger partial charge in [0.1, 0.15) is 0 Å². The number of nitrogens with zero attached hydrogens (tertiary/aromatic N) is 3. The molecule has 5 heteroatoms. The topological polar surface area (TPSA) is 50.9 Å². The maximum atomic E-state index is 10.0. The summed E-state index contributed by atoms with van der Waals surface area (Å²) >= 11 is 5.88. The van der Waals surface area contributed by atoms with Crippen molar-refractivity contribution in [2.45, 2.75) is 25.5 Å². The Morgan fingerprint density at radius 1 is 1.35 bits per heavy atom. The first kappa shape index (κ1) is 12.1. The van der Waals surface area contributed by atoms with Crippen molar-refractivity contribution in [2.75, 3.05) is 0 Å². The van der Waals surface area contributed by atoms with E-state index in [0.29, 0.717) is 5.88 Å². The fourth-order valence-corrected chi connectivity index (χ4v) is 1.91. The monoisotopic (exact) mass is 251 g/mol. The average Bonchev–Trinajstić information content (AvgIpc) is 2.77. The van der Waals surface area contributed by atoms with Gasteiger partial charge in [0.25, 0.3) is 0 Å². The summed E-state index contributed by atoms with van der Waals surface area (Å²) in [4.78, 5) is 4.31. The summed E-state index contributed by atoms with van der Waals surface area (Å²) in [5, 5.41) is 14.1. The van der Waals surface area contributed by atoms with E-state index in [1.165, 1.54) is 4.68 Å². The quantitative estimate of drug-likeness (QED) is 0.852. The molecule has 0 aromatic carbocycles. The normalized spacial score (nSPS) is 11.8. The number of aromatic nitrogens is 3. The first-order valence-electron chi connectivity index (χ1n) is 5.31. The molecule has 0 aliphatic rings. The van der Waals surface area contributed by atoms with Crippen LogP contribution in [-0.4, -0.2) is 19.9 Å². The van der Waals surface area contributed by atoms with E-state index in [2.05, 4.69) is 10.1 Å². The van der Waals surface area contributed by atoms with Crippen molar-refractivity contribution < 1.29 is 5.11 Å².